The summed E-state index contributed by atoms with van der Waals surface area (Å²) in [5.41, 5.74) is 0.972. The fourth-order valence-electron chi connectivity index (χ4n) is 2.43. The molecule has 7 heteroatoms. The summed E-state index contributed by atoms with van der Waals surface area (Å²) in [6, 6.07) is 3.87. The third-order valence-corrected chi connectivity index (χ3v) is 4.48. The Bertz CT molecular complexity index is 658. The molecule has 1 aromatic rings. The number of likely N-dealkylation sites (N-methyl/N-ethyl adjacent to an activating group) is 1. The quantitative estimate of drug-likeness (QED) is 0.905. The molecule has 0 saturated carbocycles. The second-order valence-electron chi connectivity index (χ2n) is 4.80. The standard InChI is InChI=1S/C14H14Cl2N2O3/c1-7-10(13(19)20)12(18(3)14(21)17(7)2)8-5-4-6-9(15)11(8)16/h4-6,12H,1-3H3,(H,19,20)/t12-/m1/s1. The average molecular weight is 329 g/mol. The van der Waals surface area contributed by atoms with Crippen LogP contribution in [-0.2, 0) is 4.79 Å². The van der Waals surface area contributed by atoms with Crippen molar-refractivity contribution in [3.8, 4) is 0 Å². The molecule has 0 radical (unpaired) electrons. The number of amides is 2. The molecule has 1 heterocycles. The summed E-state index contributed by atoms with van der Waals surface area (Å²) in [5.74, 6) is -1.10. The number of allylic oxidation sites excluding steroid dienone is 1. The predicted molar refractivity (Wildman–Crippen MR) is 80.5 cm³/mol. The van der Waals surface area contributed by atoms with Crippen LogP contribution < -0.4 is 0 Å². The number of nitrogens with zero attached hydrogens (tertiary/aromatic N) is 2. The number of urea groups is 1. The van der Waals surface area contributed by atoms with E-state index in [1.54, 1.807) is 25.1 Å². The molecule has 1 N–H and O–H groups in total. The van der Waals surface area contributed by atoms with Gasteiger partial charge in [-0.3, -0.25) is 0 Å². The average Bonchev–Trinajstić information content (AvgIpc) is 2.43. The molecule has 0 fully saturated rings. The maximum Gasteiger partial charge on any atom is 0.335 e. The summed E-state index contributed by atoms with van der Waals surface area (Å²) in [5, 5.41) is 10.1. The first-order valence-electron chi connectivity index (χ1n) is 6.15. The van der Waals surface area contributed by atoms with Crippen LogP contribution in [0.15, 0.2) is 29.5 Å². The molecule has 5 nitrogen and oxygen atoms in total. The Labute approximate surface area is 132 Å². The van der Waals surface area contributed by atoms with Crippen LogP contribution >= 0.6 is 23.2 Å². The number of hydrogen-bond donors (Lipinski definition) is 1. The van der Waals surface area contributed by atoms with Gasteiger partial charge >= 0.3 is 12.0 Å². The van der Waals surface area contributed by atoms with E-state index in [1.807, 2.05) is 0 Å². The summed E-state index contributed by atoms with van der Waals surface area (Å²) in [6.07, 6.45) is 0. The molecule has 2 amide bonds. The van der Waals surface area contributed by atoms with Crippen molar-refractivity contribution in [3.63, 3.8) is 0 Å². The zero-order valence-electron chi connectivity index (χ0n) is 11.7. The van der Waals surface area contributed by atoms with Gasteiger partial charge in [0.2, 0.25) is 0 Å². The Morgan fingerprint density at radius 3 is 2.48 bits per heavy atom. The minimum absolute atomic E-state index is 0.101. The normalized spacial score (nSPS) is 19.3. The molecule has 1 aliphatic heterocycles. The molecule has 1 atom stereocenters. The van der Waals surface area contributed by atoms with Crippen molar-refractivity contribution in [2.75, 3.05) is 14.1 Å². The molecule has 2 rings (SSSR count). The Kier molecular flexibility index (Phi) is 4.16. The van der Waals surface area contributed by atoms with E-state index >= 15 is 0 Å². The van der Waals surface area contributed by atoms with Crippen molar-refractivity contribution < 1.29 is 14.7 Å². The zero-order chi connectivity index (χ0) is 15.9. The first-order valence-corrected chi connectivity index (χ1v) is 6.91. The summed E-state index contributed by atoms with van der Waals surface area (Å²) in [6.45, 7) is 1.60. The second-order valence-corrected chi connectivity index (χ2v) is 5.59. The Hall–Kier alpha value is -1.72. The molecular weight excluding hydrogens is 315 g/mol. The van der Waals surface area contributed by atoms with Crippen molar-refractivity contribution in [3.05, 3.63) is 45.1 Å². The highest BCUT2D eigenvalue weighted by Crippen LogP contribution is 2.40. The van der Waals surface area contributed by atoms with E-state index in [2.05, 4.69) is 0 Å². The third kappa shape index (κ3) is 2.47. The van der Waals surface area contributed by atoms with E-state index in [0.29, 0.717) is 16.3 Å². The fourth-order valence-corrected chi connectivity index (χ4v) is 2.84. The van der Waals surface area contributed by atoms with Gasteiger partial charge in [-0.2, -0.15) is 0 Å². The molecule has 21 heavy (non-hydrogen) atoms. The van der Waals surface area contributed by atoms with Gasteiger partial charge in [0.1, 0.15) is 0 Å². The van der Waals surface area contributed by atoms with Crippen LogP contribution in [0.2, 0.25) is 10.0 Å². The van der Waals surface area contributed by atoms with Gasteiger partial charge in [-0.1, -0.05) is 35.3 Å². The monoisotopic (exact) mass is 328 g/mol. The zero-order valence-corrected chi connectivity index (χ0v) is 13.2. The third-order valence-electron chi connectivity index (χ3n) is 3.65. The summed E-state index contributed by atoms with van der Waals surface area (Å²) < 4.78 is 0. The number of carboxylic acids is 1. The number of carbonyl (C=O) groups excluding carboxylic acids is 1. The highest BCUT2D eigenvalue weighted by atomic mass is 35.5. The van der Waals surface area contributed by atoms with Crippen LogP contribution in [0.1, 0.15) is 18.5 Å². The SMILES string of the molecule is CC1=C(C(=O)O)[C@@H](c2cccc(Cl)c2Cl)N(C)C(=O)N1C. The number of aliphatic carboxylic acids is 1. The molecular formula is C14H14Cl2N2O3. The van der Waals surface area contributed by atoms with Crippen LogP contribution in [-0.4, -0.2) is 41.0 Å². The maximum absolute atomic E-state index is 12.2. The molecule has 0 saturated heterocycles. The molecule has 1 aromatic carbocycles. The predicted octanol–water partition coefficient (Wildman–Crippen LogP) is 3.39. The highest BCUT2D eigenvalue weighted by Gasteiger charge is 2.39. The van der Waals surface area contributed by atoms with E-state index in [-0.39, 0.29) is 16.6 Å². The van der Waals surface area contributed by atoms with Crippen LogP contribution in [0, 0.1) is 0 Å². The lowest BCUT2D eigenvalue weighted by molar-refractivity contribution is -0.133. The Balaban J connectivity index is 2.71. The number of halogens is 2. The lowest BCUT2D eigenvalue weighted by Gasteiger charge is -2.39. The van der Waals surface area contributed by atoms with Crippen LogP contribution in [0.5, 0.6) is 0 Å². The minimum atomic E-state index is -1.10. The van der Waals surface area contributed by atoms with Gasteiger partial charge in [-0.15, -0.1) is 0 Å². The lowest BCUT2D eigenvalue weighted by Crippen LogP contribution is -2.47. The van der Waals surface area contributed by atoms with E-state index in [4.69, 9.17) is 23.2 Å². The minimum Gasteiger partial charge on any atom is -0.478 e. The van der Waals surface area contributed by atoms with Gasteiger partial charge in [-0.25, -0.2) is 9.59 Å². The van der Waals surface area contributed by atoms with Gasteiger partial charge in [0.15, 0.2) is 0 Å². The van der Waals surface area contributed by atoms with Crippen LogP contribution in [0.25, 0.3) is 0 Å². The molecule has 0 aromatic heterocycles. The van der Waals surface area contributed by atoms with Gasteiger partial charge < -0.3 is 14.9 Å². The molecule has 1 aliphatic rings. The van der Waals surface area contributed by atoms with E-state index in [0.717, 1.165) is 0 Å². The molecule has 0 bridgehead atoms. The Morgan fingerprint density at radius 1 is 1.29 bits per heavy atom. The topological polar surface area (TPSA) is 60.9 Å². The smallest absolute Gasteiger partial charge is 0.335 e. The van der Waals surface area contributed by atoms with Crippen molar-refractivity contribution in [1.29, 1.82) is 0 Å². The van der Waals surface area contributed by atoms with Gasteiger partial charge in [0, 0.05) is 19.8 Å². The van der Waals surface area contributed by atoms with Crippen molar-refractivity contribution in [1.82, 2.24) is 9.80 Å². The van der Waals surface area contributed by atoms with Crippen molar-refractivity contribution in [2.45, 2.75) is 13.0 Å². The number of hydrogen-bond acceptors (Lipinski definition) is 2. The van der Waals surface area contributed by atoms with Crippen LogP contribution in [0.4, 0.5) is 4.79 Å². The van der Waals surface area contributed by atoms with E-state index < -0.39 is 12.0 Å². The van der Waals surface area contributed by atoms with Gasteiger partial charge in [0.05, 0.1) is 21.7 Å². The van der Waals surface area contributed by atoms with Crippen molar-refractivity contribution in [2.24, 2.45) is 0 Å². The molecule has 0 unspecified atom stereocenters. The summed E-state index contributed by atoms with van der Waals surface area (Å²) in [4.78, 5) is 26.5. The lowest BCUT2D eigenvalue weighted by atomic mass is 9.93. The second kappa shape index (κ2) is 5.58. The first kappa shape index (κ1) is 15.7. The highest BCUT2D eigenvalue weighted by molar-refractivity contribution is 6.42. The number of rotatable bonds is 2. The summed E-state index contributed by atoms with van der Waals surface area (Å²) >= 11 is 12.2. The Morgan fingerprint density at radius 2 is 1.90 bits per heavy atom. The van der Waals surface area contributed by atoms with Gasteiger partial charge in [-0.05, 0) is 18.6 Å². The maximum atomic E-state index is 12.2. The largest absolute Gasteiger partial charge is 0.478 e. The molecule has 0 aliphatic carbocycles. The molecule has 0 spiro atoms. The first-order chi connectivity index (χ1) is 9.77. The number of carbonyl (C=O) groups is 2. The van der Waals surface area contributed by atoms with E-state index in [1.165, 1.54) is 23.9 Å². The fraction of sp³-hybridized carbons (Fsp3) is 0.286. The van der Waals surface area contributed by atoms with Crippen molar-refractivity contribution >= 4 is 35.2 Å². The number of carboxylic acid groups (broad SMARTS) is 1. The van der Waals surface area contributed by atoms with Crippen LogP contribution in [0.3, 0.4) is 0 Å². The summed E-state index contributed by atoms with van der Waals surface area (Å²) in [7, 11) is 3.07. The molecule has 112 valence electrons. The number of benzene rings is 1. The van der Waals surface area contributed by atoms with E-state index in [9.17, 15) is 14.7 Å². The van der Waals surface area contributed by atoms with Gasteiger partial charge in [0.25, 0.3) is 0 Å².